The summed E-state index contributed by atoms with van der Waals surface area (Å²) in [5.41, 5.74) is 1.77. The molecule has 0 aromatic heterocycles. The van der Waals surface area contributed by atoms with Crippen LogP contribution in [-0.2, 0) is 18.7 Å². The van der Waals surface area contributed by atoms with E-state index in [2.05, 4.69) is 75.8 Å². The number of hydrogen-bond donors (Lipinski definition) is 0. The van der Waals surface area contributed by atoms with Gasteiger partial charge in [0.05, 0.1) is 17.3 Å². The summed E-state index contributed by atoms with van der Waals surface area (Å²) in [5.74, 6) is 2.00. The van der Waals surface area contributed by atoms with Crippen LogP contribution in [0.15, 0.2) is 24.0 Å². The summed E-state index contributed by atoms with van der Waals surface area (Å²) >= 11 is 0. The fraction of sp³-hybridized carbons (Fsp3) is 0.839. The highest BCUT2D eigenvalue weighted by Gasteiger charge is 2.64. The van der Waals surface area contributed by atoms with Gasteiger partial charge >= 0.3 is 0 Å². The second kappa shape index (κ2) is 10.3. The molecule has 4 nitrogen and oxygen atoms in total. The number of ether oxygens (including phenoxy) is 2. The van der Waals surface area contributed by atoms with Crippen molar-refractivity contribution in [1.29, 1.82) is 0 Å². The lowest BCUT2D eigenvalue weighted by atomic mass is 9.46. The van der Waals surface area contributed by atoms with Crippen LogP contribution < -0.4 is 0 Å². The fourth-order valence-electron chi connectivity index (χ4n) is 8.85. The predicted octanol–water partition coefficient (Wildman–Crippen LogP) is 8.44. The van der Waals surface area contributed by atoms with Crippen molar-refractivity contribution < 1.29 is 18.7 Å². The third kappa shape index (κ3) is 4.20. The van der Waals surface area contributed by atoms with Crippen molar-refractivity contribution in [3.63, 3.8) is 0 Å². The number of Topliss-reactive ketones (excluding diaryl/α,β-unsaturated/α-hetero) is 1. The van der Waals surface area contributed by atoms with E-state index in [0.717, 1.165) is 25.7 Å². The Balaban J connectivity index is 2.30. The maximum Gasteiger partial charge on any atom is 0.258 e. The maximum absolute atomic E-state index is 14.4. The van der Waals surface area contributed by atoms with Crippen molar-refractivity contribution in [3.05, 3.63) is 24.0 Å². The minimum atomic E-state index is -2.16. The van der Waals surface area contributed by atoms with E-state index in [0.29, 0.717) is 28.8 Å². The first kappa shape index (κ1) is 29.6. The summed E-state index contributed by atoms with van der Waals surface area (Å²) in [6.45, 7) is 27.6. The van der Waals surface area contributed by atoms with Crippen LogP contribution in [0.1, 0.15) is 101 Å². The predicted molar refractivity (Wildman–Crippen MR) is 151 cm³/mol. The van der Waals surface area contributed by atoms with Crippen molar-refractivity contribution >= 4 is 14.1 Å². The van der Waals surface area contributed by atoms with Gasteiger partial charge in [0.25, 0.3) is 8.32 Å². The summed E-state index contributed by atoms with van der Waals surface area (Å²) in [6.07, 6.45) is 6.37. The second-order valence-corrected chi connectivity index (χ2v) is 19.0. The molecule has 3 aliphatic carbocycles. The molecule has 0 amide bonds. The van der Waals surface area contributed by atoms with Gasteiger partial charge in [-0.1, -0.05) is 68.4 Å². The molecule has 36 heavy (non-hydrogen) atoms. The van der Waals surface area contributed by atoms with Gasteiger partial charge in [-0.2, -0.15) is 0 Å². The lowest BCUT2D eigenvalue weighted by molar-refractivity contribution is -0.165. The molecular weight excluding hydrogens is 464 g/mol. The molecule has 0 aromatic carbocycles. The Kier molecular flexibility index (Phi) is 8.51. The molecule has 2 saturated carbocycles. The molecule has 0 N–H and O–H groups in total. The molecule has 3 rings (SSSR count). The Labute approximate surface area is 222 Å². The molecule has 3 aliphatic rings. The highest BCUT2D eigenvalue weighted by Crippen LogP contribution is 2.68. The fourth-order valence-corrected chi connectivity index (χ4v) is 14.2. The van der Waals surface area contributed by atoms with Gasteiger partial charge < -0.3 is 13.9 Å². The first-order chi connectivity index (χ1) is 16.7. The number of rotatable bonds is 9. The Morgan fingerprint density at radius 2 is 1.64 bits per heavy atom. The zero-order chi connectivity index (χ0) is 27.3. The molecule has 0 heterocycles. The molecule has 6 atom stereocenters. The third-order valence-electron chi connectivity index (χ3n) is 11.0. The number of methoxy groups -OCH3 is 1. The van der Waals surface area contributed by atoms with Gasteiger partial charge in [0.15, 0.2) is 0 Å². The summed E-state index contributed by atoms with van der Waals surface area (Å²) in [6, 6.07) is 0. The van der Waals surface area contributed by atoms with Crippen molar-refractivity contribution in [2.75, 3.05) is 13.9 Å². The van der Waals surface area contributed by atoms with Gasteiger partial charge in [0.1, 0.15) is 12.6 Å². The molecule has 0 aromatic rings. The van der Waals surface area contributed by atoms with Crippen molar-refractivity contribution in [2.24, 2.45) is 28.1 Å². The molecule has 2 bridgehead atoms. The van der Waals surface area contributed by atoms with Crippen LogP contribution in [0.3, 0.4) is 0 Å². The van der Waals surface area contributed by atoms with E-state index in [1.165, 1.54) is 11.3 Å². The minimum Gasteiger partial charge on any atom is -0.546 e. The van der Waals surface area contributed by atoms with Crippen LogP contribution in [-0.4, -0.2) is 34.1 Å². The zero-order valence-corrected chi connectivity index (χ0v) is 26.1. The molecular formula is C31H54O4Si. The summed E-state index contributed by atoms with van der Waals surface area (Å²) in [4.78, 5) is 14.4. The average molecular weight is 519 g/mol. The number of carbonyl (C=O) groups excluding carboxylic acids is 1. The van der Waals surface area contributed by atoms with Crippen molar-refractivity contribution in [1.82, 2.24) is 0 Å². The van der Waals surface area contributed by atoms with Crippen LogP contribution in [0.25, 0.3) is 0 Å². The van der Waals surface area contributed by atoms with Crippen LogP contribution >= 0.6 is 0 Å². The van der Waals surface area contributed by atoms with Gasteiger partial charge in [-0.3, -0.25) is 4.79 Å². The maximum atomic E-state index is 14.4. The normalized spacial score (nSPS) is 37.4. The third-order valence-corrected chi connectivity index (χ3v) is 17.1. The second-order valence-electron chi connectivity index (χ2n) is 13.6. The molecule has 5 heteroatoms. The summed E-state index contributed by atoms with van der Waals surface area (Å²) in [7, 11) is -0.489. The quantitative estimate of drug-likeness (QED) is 0.174. The van der Waals surface area contributed by atoms with Crippen LogP contribution in [0, 0.1) is 28.1 Å². The number of allylic oxidation sites excluding steroid dienone is 2. The Bertz CT molecular complexity index is 854. The Morgan fingerprint density at radius 1 is 1.06 bits per heavy atom. The molecule has 0 aliphatic heterocycles. The van der Waals surface area contributed by atoms with Gasteiger partial charge in [0, 0.05) is 30.8 Å². The molecule has 0 saturated heterocycles. The van der Waals surface area contributed by atoms with E-state index < -0.39 is 19.1 Å². The molecule has 206 valence electrons. The van der Waals surface area contributed by atoms with E-state index in [9.17, 15) is 4.79 Å². The Hall–Kier alpha value is -0.913. The average Bonchev–Trinajstić information content (AvgIpc) is 3.18. The minimum absolute atomic E-state index is 0.0968. The van der Waals surface area contributed by atoms with Gasteiger partial charge in [0.2, 0.25) is 0 Å². The monoisotopic (exact) mass is 518 g/mol. The number of ketones is 1. The first-order valence-corrected chi connectivity index (χ1v) is 16.5. The summed E-state index contributed by atoms with van der Waals surface area (Å²) in [5, 5.41) is 0. The van der Waals surface area contributed by atoms with Crippen LogP contribution in [0.2, 0.25) is 16.6 Å². The van der Waals surface area contributed by atoms with Crippen LogP contribution in [0.4, 0.5) is 0 Å². The van der Waals surface area contributed by atoms with E-state index in [1.54, 1.807) is 7.11 Å². The standard InChI is InChI=1S/C31H54O4Si/c1-13-29(10)18-26(32)30(11)23(8)14-16-31(24(9)28(29)34-19-33-12)17-15-25(27(30)31)35-36(20(2)3,21(4)5)22(6)7/h13,20-24,28H,1,14-19H2,2-12H3/t23?,24-,28?,29?,30?,31?/m0/s1. The van der Waals surface area contributed by atoms with Gasteiger partial charge in [-0.15, -0.1) is 6.58 Å². The number of carbonyl (C=O) groups is 1. The van der Waals surface area contributed by atoms with Gasteiger partial charge in [-0.05, 0) is 60.2 Å². The van der Waals surface area contributed by atoms with E-state index >= 15 is 0 Å². The smallest absolute Gasteiger partial charge is 0.258 e. The molecule has 2 fully saturated rings. The topological polar surface area (TPSA) is 44.8 Å². The Morgan fingerprint density at radius 3 is 2.14 bits per heavy atom. The molecule has 0 radical (unpaired) electrons. The zero-order valence-electron chi connectivity index (χ0n) is 25.1. The van der Waals surface area contributed by atoms with Gasteiger partial charge in [-0.25, -0.2) is 0 Å². The van der Waals surface area contributed by atoms with E-state index in [-0.39, 0.29) is 30.1 Å². The highest BCUT2D eigenvalue weighted by atomic mass is 28.4. The highest BCUT2D eigenvalue weighted by molar-refractivity contribution is 6.77. The summed E-state index contributed by atoms with van der Waals surface area (Å²) < 4.78 is 19.3. The van der Waals surface area contributed by atoms with E-state index in [1.807, 2.05) is 6.08 Å². The lowest BCUT2D eigenvalue weighted by Gasteiger charge is -2.58. The van der Waals surface area contributed by atoms with Crippen molar-refractivity contribution in [3.8, 4) is 0 Å². The van der Waals surface area contributed by atoms with E-state index in [4.69, 9.17) is 13.9 Å². The molecule has 0 spiro atoms. The van der Waals surface area contributed by atoms with Crippen molar-refractivity contribution in [2.45, 2.75) is 124 Å². The first-order valence-electron chi connectivity index (χ1n) is 14.4. The SMILES string of the molecule is C=CC1(C)CC(=O)C2(C)C3=C(O[Si](C(C)C)(C(C)C)C(C)C)CCC3(CCC2C)[C@@H](C)C1OCOC. The van der Waals surface area contributed by atoms with Crippen LogP contribution in [0.5, 0.6) is 0 Å². The molecule has 5 unspecified atom stereocenters. The largest absolute Gasteiger partial charge is 0.546 e. The lowest BCUT2D eigenvalue weighted by Crippen LogP contribution is -2.57. The number of hydrogen-bond acceptors (Lipinski definition) is 4.